The van der Waals surface area contributed by atoms with Crippen LogP contribution in [0.25, 0.3) is 17.1 Å². The minimum absolute atomic E-state index is 0.137. The van der Waals surface area contributed by atoms with Gasteiger partial charge in [-0.3, -0.25) is 0 Å². The Kier molecular flexibility index (Phi) is 5.63. The summed E-state index contributed by atoms with van der Waals surface area (Å²) in [7, 11) is 1.65. The summed E-state index contributed by atoms with van der Waals surface area (Å²) < 4.78 is 12.8. The van der Waals surface area contributed by atoms with E-state index in [0.717, 1.165) is 28.4 Å². The zero-order chi connectivity index (χ0) is 21.1. The van der Waals surface area contributed by atoms with Gasteiger partial charge in [-0.25, -0.2) is 4.98 Å². The highest BCUT2D eigenvalue weighted by Crippen LogP contribution is 2.25. The van der Waals surface area contributed by atoms with Gasteiger partial charge >= 0.3 is 0 Å². The van der Waals surface area contributed by atoms with Crippen molar-refractivity contribution in [2.24, 2.45) is 0 Å². The Morgan fingerprint density at radius 1 is 1.13 bits per heavy atom. The van der Waals surface area contributed by atoms with Gasteiger partial charge in [0.25, 0.3) is 0 Å². The molecule has 4 rings (SSSR count). The number of hydrogen-bond acceptors (Lipinski definition) is 6. The van der Waals surface area contributed by atoms with Gasteiger partial charge < -0.3 is 19.1 Å². The molecule has 0 aliphatic carbocycles. The zero-order valence-electron chi connectivity index (χ0n) is 17.6. The maximum atomic E-state index is 5.42. The Hall–Kier alpha value is -3.45. The first-order chi connectivity index (χ1) is 14.5. The van der Waals surface area contributed by atoms with Crippen LogP contribution >= 0.6 is 0 Å². The van der Waals surface area contributed by atoms with Crippen molar-refractivity contribution < 1.29 is 9.26 Å². The van der Waals surface area contributed by atoms with E-state index in [1.807, 2.05) is 38.2 Å². The highest BCUT2D eigenvalue weighted by Gasteiger charge is 2.12. The molecule has 30 heavy (non-hydrogen) atoms. The van der Waals surface area contributed by atoms with Crippen LogP contribution in [-0.4, -0.2) is 26.8 Å². The Balaban J connectivity index is 1.40. The summed E-state index contributed by atoms with van der Waals surface area (Å²) in [4.78, 5) is 8.77. The molecule has 2 heterocycles. The number of hydrogen-bond donors (Lipinski definition) is 1. The SMILES string of the molecule is COc1cc(-c2noc(CN[C@@H](C)c3ccc(-n4ccnc4C)cc3)n2)ccc1C. The third-order valence-corrected chi connectivity index (χ3v) is 5.19. The van der Waals surface area contributed by atoms with Crippen molar-refractivity contribution in [3.8, 4) is 22.8 Å². The van der Waals surface area contributed by atoms with Gasteiger partial charge in [0.05, 0.1) is 13.7 Å². The molecular weight excluding hydrogens is 378 g/mol. The van der Waals surface area contributed by atoms with Crippen molar-refractivity contribution in [3.05, 3.63) is 77.7 Å². The quantitative estimate of drug-likeness (QED) is 0.493. The van der Waals surface area contributed by atoms with E-state index in [-0.39, 0.29) is 6.04 Å². The summed E-state index contributed by atoms with van der Waals surface area (Å²) in [6.07, 6.45) is 3.77. The molecule has 0 saturated heterocycles. The number of aryl methyl sites for hydroxylation is 2. The van der Waals surface area contributed by atoms with Crippen LogP contribution in [0.2, 0.25) is 0 Å². The van der Waals surface area contributed by atoms with E-state index in [2.05, 4.69) is 56.2 Å². The Labute approximate surface area is 175 Å². The fourth-order valence-electron chi connectivity index (χ4n) is 3.34. The molecule has 1 atom stereocenters. The van der Waals surface area contributed by atoms with Gasteiger partial charge in [-0.2, -0.15) is 4.98 Å². The molecule has 7 heteroatoms. The van der Waals surface area contributed by atoms with Crippen molar-refractivity contribution >= 4 is 0 Å². The van der Waals surface area contributed by atoms with Gasteiger partial charge in [0, 0.05) is 29.7 Å². The summed E-state index contributed by atoms with van der Waals surface area (Å²) in [5.74, 6) is 2.87. The van der Waals surface area contributed by atoms with Crippen molar-refractivity contribution in [2.75, 3.05) is 7.11 Å². The lowest BCUT2D eigenvalue weighted by Crippen LogP contribution is -2.18. The molecule has 0 radical (unpaired) electrons. The van der Waals surface area contributed by atoms with Gasteiger partial charge in [0.15, 0.2) is 0 Å². The van der Waals surface area contributed by atoms with E-state index < -0.39 is 0 Å². The molecule has 0 amide bonds. The third kappa shape index (κ3) is 4.11. The van der Waals surface area contributed by atoms with Gasteiger partial charge in [-0.05, 0) is 50.1 Å². The first kappa shape index (κ1) is 19.8. The molecule has 2 aromatic heterocycles. The van der Waals surface area contributed by atoms with E-state index >= 15 is 0 Å². The van der Waals surface area contributed by atoms with E-state index in [9.17, 15) is 0 Å². The van der Waals surface area contributed by atoms with Crippen molar-refractivity contribution in [1.82, 2.24) is 25.0 Å². The summed E-state index contributed by atoms with van der Waals surface area (Å²) >= 11 is 0. The molecule has 0 saturated carbocycles. The molecule has 2 aromatic carbocycles. The first-order valence-corrected chi connectivity index (χ1v) is 9.86. The Morgan fingerprint density at radius 2 is 1.93 bits per heavy atom. The standard InChI is InChI=1S/C23H25N5O2/c1-15-5-6-19(13-21(15)29-4)23-26-22(30-27-23)14-25-16(2)18-7-9-20(10-8-18)28-12-11-24-17(28)3/h5-13,16,25H,14H2,1-4H3/t16-/m0/s1. The van der Waals surface area contributed by atoms with E-state index in [1.54, 1.807) is 13.3 Å². The largest absolute Gasteiger partial charge is 0.496 e. The van der Waals surface area contributed by atoms with Crippen LogP contribution in [-0.2, 0) is 6.54 Å². The number of ether oxygens (including phenoxy) is 1. The minimum Gasteiger partial charge on any atom is -0.496 e. The fraction of sp³-hybridized carbons (Fsp3) is 0.261. The normalized spacial score (nSPS) is 12.1. The monoisotopic (exact) mass is 403 g/mol. The fourth-order valence-corrected chi connectivity index (χ4v) is 3.34. The smallest absolute Gasteiger partial charge is 0.240 e. The number of aromatic nitrogens is 4. The number of nitrogens with one attached hydrogen (secondary N) is 1. The average Bonchev–Trinajstić information content (AvgIpc) is 3.41. The van der Waals surface area contributed by atoms with Crippen LogP contribution in [0.4, 0.5) is 0 Å². The summed E-state index contributed by atoms with van der Waals surface area (Å²) in [5.41, 5.74) is 4.20. The highest BCUT2D eigenvalue weighted by molar-refractivity contribution is 5.58. The Bertz CT molecular complexity index is 1130. The topological polar surface area (TPSA) is 78.0 Å². The van der Waals surface area contributed by atoms with E-state index in [4.69, 9.17) is 9.26 Å². The first-order valence-electron chi connectivity index (χ1n) is 9.86. The highest BCUT2D eigenvalue weighted by atomic mass is 16.5. The van der Waals surface area contributed by atoms with Crippen LogP contribution in [0.1, 0.15) is 35.8 Å². The molecule has 0 unspecified atom stereocenters. The molecule has 4 aromatic rings. The van der Waals surface area contributed by atoms with Gasteiger partial charge in [-0.1, -0.05) is 29.4 Å². The lowest BCUT2D eigenvalue weighted by atomic mass is 10.1. The van der Waals surface area contributed by atoms with E-state index in [0.29, 0.717) is 18.3 Å². The lowest BCUT2D eigenvalue weighted by molar-refractivity contribution is 0.360. The van der Waals surface area contributed by atoms with Crippen molar-refractivity contribution in [3.63, 3.8) is 0 Å². The minimum atomic E-state index is 0.137. The third-order valence-electron chi connectivity index (χ3n) is 5.19. The maximum absolute atomic E-state index is 5.42. The number of imidazole rings is 1. The summed E-state index contributed by atoms with van der Waals surface area (Å²) in [6.45, 7) is 6.58. The van der Waals surface area contributed by atoms with Crippen molar-refractivity contribution in [2.45, 2.75) is 33.4 Å². The molecule has 0 spiro atoms. The molecular formula is C23H25N5O2. The van der Waals surface area contributed by atoms with Crippen LogP contribution in [0.3, 0.4) is 0 Å². The van der Waals surface area contributed by atoms with Gasteiger partial charge in [0.2, 0.25) is 11.7 Å². The van der Waals surface area contributed by atoms with Crippen LogP contribution in [0, 0.1) is 13.8 Å². The molecule has 0 fully saturated rings. The van der Waals surface area contributed by atoms with Gasteiger partial charge in [-0.15, -0.1) is 0 Å². The predicted octanol–water partition coefficient (Wildman–Crippen LogP) is 4.40. The predicted molar refractivity (Wildman–Crippen MR) is 115 cm³/mol. The van der Waals surface area contributed by atoms with Crippen molar-refractivity contribution in [1.29, 1.82) is 0 Å². The molecule has 0 aliphatic heterocycles. The van der Waals surface area contributed by atoms with Crippen LogP contribution in [0.5, 0.6) is 5.75 Å². The summed E-state index contributed by atoms with van der Waals surface area (Å²) in [6, 6.07) is 14.4. The van der Waals surface area contributed by atoms with Gasteiger partial charge in [0.1, 0.15) is 11.6 Å². The summed E-state index contributed by atoms with van der Waals surface area (Å²) in [5, 5.41) is 7.54. The second kappa shape index (κ2) is 8.51. The van der Waals surface area contributed by atoms with E-state index in [1.165, 1.54) is 5.56 Å². The molecule has 7 nitrogen and oxygen atoms in total. The van der Waals surface area contributed by atoms with Crippen LogP contribution < -0.4 is 10.1 Å². The number of methoxy groups -OCH3 is 1. The second-order valence-electron chi connectivity index (χ2n) is 7.23. The maximum Gasteiger partial charge on any atom is 0.240 e. The van der Waals surface area contributed by atoms with Crippen LogP contribution in [0.15, 0.2) is 59.4 Å². The number of rotatable bonds is 7. The Morgan fingerprint density at radius 3 is 2.63 bits per heavy atom. The molecule has 0 aliphatic rings. The number of benzene rings is 2. The molecule has 0 bridgehead atoms. The molecule has 154 valence electrons. The zero-order valence-corrected chi connectivity index (χ0v) is 17.6. The number of nitrogens with zero attached hydrogens (tertiary/aromatic N) is 4. The second-order valence-corrected chi connectivity index (χ2v) is 7.23. The molecule has 1 N–H and O–H groups in total. The average molecular weight is 403 g/mol. The lowest BCUT2D eigenvalue weighted by Gasteiger charge is -2.14.